The van der Waals surface area contributed by atoms with Gasteiger partial charge in [0, 0.05) is 25.6 Å². The molecule has 0 amide bonds. The molecule has 0 aromatic carbocycles. The predicted molar refractivity (Wildman–Crippen MR) is 71.3 cm³/mol. The van der Waals surface area contributed by atoms with Gasteiger partial charge in [-0.05, 0) is 49.9 Å². The van der Waals surface area contributed by atoms with Crippen LogP contribution in [-0.4, -0.2) is 19.0 Å². The summed E-state index contributed by atoms with van der Waals surface area (Å²) in [5, 5.41) is 0. The normalized spacial score (nSPS) is 35.4. The van der Waals surface area contributed by atoms with Gasteiger partial charge in [-0.3, -0.25) is 4.79 Å². The summed E-state index contributed by atoms with van der Waals surface area (Å²) < 4.78 is 5.37. The lowest BCUT2D eigenvalue weighted by molar-refractivity contribution is -0.121. The maximum Gasteiger partial charge on any atom is 0.136 e. The molecule has 3 rings (SSSR count). The second kappa shape index (κ2) is 5.73. The standard InChI is InChI=1S/C16H26O2/c17-15(16-13-5-3-6-14(13)16)7-2-1-4-12-8-10-18-11-9-12/h12-14,16H,1-11H2. The van der Waals surface area contributed by atoms with E-state index in [-0.39, 0.29) is 0 Å². The van der Waals surface area contributed by atoms with Crippen molar-refractivity contribution in [1.29, 1.82) is 0 Å². The van der Waals surface area contributed by atoms with E-state index < -0.39 is 0 Å². The van der Waals surface area contributed by atoms with Crippen LogP contribution in [-0.2, 0) is 9.53 Å². The van der Waals surface area contributed by atoms with Gasteiger partial charge >= 0.3 is 0 Å². The Morgan fingerprint density at radius 1 is 1.00 bits per heavy atom. The minimum absolute atomic E-state index is 0.502. The molecule has 2 atom stereocenters. The summed E-state index contributed by atoms with van der Waals surface area (Å²) in [6.07, 6.45) is 11.1. The van der Waals surface area contributed by atoms with Crippen LogP contribution in [0.5, 0.6) is 0 Å². The second-order valence-corrected chi connectivity index (χ2v) is 6.55. The van der Waals surface area contributed by atoms with E-state index in [1.807, 2.05) is 0 Å². The van der Waals surface area contributed by atoms with Crippen LogP contribution in [0.3, 0.4) is 0 Å². The summed E-state index contributed by atoms with van der Waals surface area (Å²) in [4.78, 5) is 12.1. The van der Waals surface area contributed by atoms with Crippen LogP contribution in [0.1, 0.15) is 57.8 Å². The zero-order valence-electron chi connectivity index (χ0n) is 11.4. The smallest absolute Gasteiger partial charge is 0.136 e. The van der Waals surface area contributed by atoms with Gasteiger partial charge in [0.1, 0.15) is 5.78 Å². The van der Waals surface area contributed by atoms with Gasteiger partial charge in [-0.15, -0.1) is 0 Å². The second-order valence-electron chi connectivity index (χ2n) is 6.55. The summed E-state index contributed by atoms with van der Waals surface area (Å²) in [5.41, 5.74) is 0. The summed E-state index contributed by atoms with van der Waals surface area (Å²) in [7, 11) is 0. The summed E-state index contributed by atoms with van der Waals surface area (Å²) >= 11 is 0. The zero-order valence-corrected chi connectivity index (χ0v) is 11.4. The molecule has 1 saturated heterocycles. The average Bonchev–Trinajstić information content (AvgIpc) is 2.89. The Morgan fingerprint density at radius 3 is 2.44 bits per heavy atom. The van der Waals surface area contributed by atoms with Crippen molar-refractivity contribution in [2.45, 2.75) is 57.8 Å². The van der Waals surface area contributed by atoms with E-state index in [2.05, 4.69) is 0 Å². The maximum atomic E-state index is 12.1. The highest BCUT2D eigenvalue weighted by Gasteiger charge is 2.55. The molecule has 102 valence electrons. The molecular formula is C16H26O2. The molecule has 2 aliphatic carbocycles. The van der Waals surface area contributed by atoms with E-state index in [4.69, 9.17) is 4.74 Å². The predicted octanol–water partition coefficient (Wildman–Crippen LogP) is 3.59. The number of fused-ring (bicyclic) bond motifs is 1. The molecule has 2 unspecified atom stereocenters. The third-order valence-electron chi connectivity index (χ3n) is 5.40. The molecule has 2 heteroatoms. The highest BCUT2D eigenvalue weighted by atomic mass is 16.5. The molecule has 0 bridgehead atoms. The molecule has 18 heavy (non-hydrogen) atoms. The molecule has 2 saturated carbocycles. The molecular weight excluding hydrogens is 224 g/mol. The average molecular weight is 250 g/mol. The van der Waals surface area contributed by atoms with E-state index >= 15 is 0 Å². The van der Waals surface area contributed by atoms with Crippen molar-refractivity contribution >= 4 is 5.78 Å². The van der Waals surface area contributed by atoms with Gasteiger partial charge in [-0.25, -0.2) is 0 Å². The number of hydrogen-bond donors (Lipinski definition) is 0. The Labute approximate surface area is 110 Å². The van der Waals surface area contributed by atoms with E-state index in [1.54, 1.807) is 0 Å². The lowest BCUT2D eigenvalue weighted by Crippen LogP contribution is -2.15. The fraction of sp³-hybridized carbons (Fsp3) is 0.938. The molecule has 0 aromatic heterocycles. The quantitative estimate of drug-likeness (QED) is 0.673. The summed E-state index contributed by atoms with van der Waals surface area (Å²) in [6, 6.07) is 0. The fourth-order valence-corrected chi connectivity index (χ4v) is 4.23. The maximum absolute atomic E-state index is 12.1. The first kappa shape index (κ1) is 12.7. The van der Waals surface area contributed by atoms with Crippen molar-refractivity contribution in [3.63, 3.8) is 0 Å². The molecule has 0 radical (unpaired) electrons. The third kappa shape index (κ3) is 2.79. The first-order valence-electron chi connectivity index (χ1n) is 7.96. The number of unbranched alkanes of at least 4 members (excludes halogenated alkanes) is 1. The number of carbonyl (C=O) groups is 1. The Hall–Kier alpha value is -0.370. The van der Waals surface area contributed by atoms with Gasteiger partial charge in [-0.2, -0.15) is 0 Å². The van der Waals surface area contributed by atoms with Gasteiger partial charge in [0.15, 0.2) is 0 Å². The lowest BCUT2D eigenvalue weighted by Gasteiger charge is -2.21. The van der Waals surface area contributed by atoms with Crippen LogP contribution in [0.15, 0.2) is 0 Å². The monoisotopic (exact) mass is 250 g/mol. The molecule has 1 aliphatic heterocycles. The Kier molecular flexibility index (Phi) is 4.03. The minimum Gasteiger partial charge on any atom is -0.381 e. The van der Waals surface area contributed by atoms with Crippen molar-refractivity contribution < 1.29 is 9.53 Å². The molecule has 0 aromatic rings. The van der Waals surface area contributed by atoms with E-state index in [0.29, 0.717) is 11.7 Å². The number of ether oxygens (including phenoxy) is 1. The van der Waals surface area contributed by atoms with Crippen molar-refractivity contribution in [1.82, 2.24) is 0 Å². The molecule has 0 spiro atoms. The van der Waals surface area contributed by atoms with Gasteiger partial charge in [0.05, 0.1) is 0 Å². The fourth-order valence-electron chi connectivity index (χ4n) is 4.23. The van der Waals surface area contributed by atoms with Crippen molar-refractivity contribution in [3.8, 4) is 0 Å². The van der Waals surface area contributed by atoms with E-state index in [0.717, 1.165) is 43.8 Å². The summed E-state index contributed by atoms with van der Waals surface area (Å²) in [6.45, 7) is 1.91. The number of rotatable bonds is 6. The van der Waals surface area contributed by atoms with Crippen LogP contribution >= 0.6 is 0 Å². The van der Waals surface area contributed by atoms with Crippen LogP contribution in [0.4, 0.5) is 0 Å². The van der Waals surface area contributed by atoms with Crippen molar-refractivity contribution in [2.75, 3.05) is 13.2 Å². The molecule has 0 N–H and O–H groups in total. The minimum atomic E-state index is 0.502. The number of ketones is 1. The Morgan fingerprint density at radius 2 is 1.72 bits per heavy atom. The Balaban J connectivity index is 1.27. The van der Waals surface area contributed by atoms with Crippen molar-refractivity contribution in [2.24, 2.45) is 23.7 Å². The van der Waals surface area contributed by atoms with Crippen LogP contribution < -0.4 is 0 Å². The van der Waals surface area contributed by atoms with Crippen LogP contribution in [0, 0.1) is 23.7 Å². The van der Waals surface area contributed by atoms with Crippen LogP contribution in [0.25, 0.3) is 0 Å². The van der Waals surface area contributed by atoms with Gasteiger partial charge in [-0.1, -0.05) is 19.3 Å². The lowest BCUT2D eigenvalue weighted by atomic mass is 9.93. The molecule has 3 fully saturated rings. The highest BCUT2D eigenvalue weighted by molar-refractivity contribution is 5.84. The number of hydrogen-bond acceptors (Lipinski definition) is 2. The number of carbonyl (C=O) groups excluding carboxylic acids is 1. The molecule has 3 aliphatic rings. The van der Waals surface area contributed by atoms with Gasteiger partial charge < -0.3 is 4.74 Å². The largest absolute Gasteiger partial charge is 0.381 e. The topological polar surface area (TPSA) is 26.3 Å². The Bertz CT molecular complexity index is 283. The molecule has 1 heterocycles. The number of Topliss-reactive ketones (excluding diaryl/α,β-unsaturated/α-hetero) is 1. The summed E-state index contributed by atoms with van der Waals surface area (Å²) in [5.74, 6) is 3.59. The first-order chi connectivity index (χ1) is 8.86. The molecule has 2 nitrogen and oxygen atoms in total. The van der Waals surface area contributed by atoms with E-state index in [9.17, 15) is 4.79 Å². The SMILES string of the molecule is O=C(CCCCC1CCOCC1)C1C2CCCC21. The zero-order chi connectivity index (χ0) is 12.4. The third-order valence-corrected chi connectivity index (χ3v) is 5.40. The first-order valence-corrected chi connectivity index (χ1v) is 7.96. The highest BCUT2D eigenvalue weighted by Crippen LogP contribution is 2.58. The van der Waals surface area contributed by atoms with Crippen LogP contribution in [0.2, 0.25) is 0 Å². The van der Waals surface area contributed by atoms with Gasteiger partial charge in [0.25, 0.3) is 0 Å². The van der Waals surface area contributed by atoms with E-state index in [1.165, 1.54) is 44.9 Å². The van der Waals surface area contributed by atoms with Gasteiger partial charge in [0.2, 0.25) is 0 Å². The van der Waals surface area contributed by atoms with Crippen molar-refractivity contribution in [3.05, 3.63) is 0 Å².